The highest BCUT2D eigenvalue weighted by molar-refractivity contribution is 8.00. The monoisotopic (exact) mass is 361 g/mol. The van der Waals surface area contributed by atoms with Gasteiger partial charge in [0.05, 0.1) is 12.9 Å². The topological polar surface area (TPSA) is 46.6 Å². The van der Waals surface area contributed by atoms with Crippen LogP contribution in [0.3, 0.4) is 0 Å². The van der Waals surface area contributed by atoms with Gasteiger partial charge in [0.25, 0.3) is 5.91 Å². The number of rotatable bonds is 5. The Labute approximate surface area is 149 Å². The number of hydrogen-bond acceptors (Lipinski definition) is 5. The SMILES string of the molecule is COC(=O)CSC1CCN(C(=O)c2ccc(-c3ccsc3)cc2)C1. The molecule has 0 radical (unpaired) electrons. The maximum Gasteiger partial charge on any atom is 0.315 e. The molecular weight excluding hydrogens is 342 g/mol. The molecule has 0 saturated carbocycles. The van der Waals surface area contributed by atoms with Crippen LogP contribution in [0.2, 0.25) is 0 Å². The normalized spacial score (nSPS) is 17.0. The summed E-state index contributed by atoms with van der Waals surface area (Å²) in [5, 5.41) is 4.45. The minimum atomic E-state index is -0.214. The van der Waals surface area contributed by atoms with E-state index in [-0.39, 0.29) is 11.9 Å². The molecule has 6 heteroatoms. The van der Waals surface area contributed by atoms with Gasteiger partial charge in [-0.2, -0.15) is 11.3 Å². The maximum absolute atomic E-state index is 12.6. The largest absolute Gasteiger partial charge is 0.468 e. The number of ether oxygens (including phenoxy) is 1. The van der Waals surface area contributed by atoms with Crippen LogP contribution in [0.15, 0.2) is 41.1 Å². The Kier molecular flexibility index (Phi) is 5.58. The van der Waals surface area contributed by atoms with E-state index in [1.165, 1.54) is 12.7 Å². The predicted molar refractivity (Wildman–Crippen MR) is 98.5 cm³/mol. The number of methoxy groups -OCH3 is 1. The lowest BCUT2D eigenvalue weighted by molar-refractivity contribution is -0.137. The standard InChI is InChI=1S/C18H19NO3S2/c1-22-17(20)12-24-16-6-8-19(10-16)18(21)14-4-2-13(3-5-14)15-7-9-23-11-15/h2-5,7,9,11,16H,6,8,10,12H2,1H3. The van der Waals surface area contributed by atoms with Crippen molar-refractivity contribution in [3.63, 3.8) is 0 Å². The van der Waals surface area contributed by atoms with Crippen molar-refractivity contribution in [2.24, 2.45) is 0 Å². The van der Waals surface area contributed by atoms with Crippen molar-refractivity contribution in [1.82, 2.24) is 4.90 Å². The molecule has 126 valence electrons. The van der Waals surface area contributed by atoms with Gasteiger partial charge in [-0.25, -0.2) is 0 Å². The Morgan fingerprint density at radius 1 is 1.25 bits per heavy atom. The van der Waals surface area contributed by atoms with E-state index in [1.807, 2.05) is 34.5 Å². The van der Waals surface area contributed by atoms with Gasteiger partial charge >= 0.3 is 5.97 Å². The van der Waals surface area contributed by atoms with Crippen molar-refractivity contribution in [3.05, 3.63) is 46.7 Å². The van der Waals surface area contributed by atoms with E-state index in [0.717, 1.165) is 18.5 Å². The Morgan fingerprint density at radius 2 is 2.04 bits per heavy atom. The molecule has 0 spiro atoms. The van der Waals surface area contributed by atoms with Gasteiger partial charge in [0.1, 0.15) is 0 Å². The van der Waals surface area contributed by atoms with Gasteiger partial charge in [-0.05, 0) is 46.5 Å². The Balaban J connectivity index is 1.58. The van der Waals surface area contributed by atoms with Crippen molar-refractivity contribution < 1.29 is 14.3 Å². The first-order valence-electron chi connectivity index (χ1n) is 7.77. The lowest BCUT2D eigenvalue weighted by Gasteiger charge is -2.16. The molecule has 1 amide bonds. The van der Waals surface area contributed by atoms with Gasteiger partial charge in [0.2, 0.25) is 0 Å². The number of thioether (sulfide) groups is 1. The number of amides is 1. The van der Waals surface area contributed by atoms with Gasteiger partial charge in [0.15, 0.2) is 0 Å². The average molecular weight is 361 g/mol. The van der Waals surface area contributed by atoms with Crippen LogP contribution in [0.4, 0.5) is 0 Å². The molecule has 2 heterocycles. The predicted octanol–water partition coefficient (Wildman–Crippen LogP) is 3.54. The molecule has 0 aliphatic carbocycles. The smallest absolute Gasteiger partial charge is 0.315 e. The summed E-state index contributed by atoms with van der Waals surface area (Å²) >= 11 is 3.23. The zero-order chi connectivity index (χ0) is 16.9. The second-order valence-electron chi connectivity index (χ2n) is 5.64. The van der Waals surface area contributed by atoms with E-state index in [0.29, 0.717) is 23.1 Å². The van der Waals surface area contributed by atoms with E-state index >= 15 is 0 Å². The fraction of sp³-hybridized carbons (Fsp3) is 0.333. The molecule has 1 unspecified atom stereocenters. The highest BCUT2D eigenvalue weighted by Crippen LogP contribution is 2.26. The van der Waals surface area contributed by atoms with Gasteiger partial charge < -0.3 is 9.64 Å². The summed E-state index contributed by atoms with van der Waals surface area (Å²) in [6, 6.07) is 9.85. The van der Waals surface area contributed by atoms with Crippen LogP contribution in [0.5, 0.6) is 0 Å². The number of carbonyl (C=O) groups excluding carboxylic acids is 2. The van der Waals surface area contributed by atoms with Crippen LogP contribution in [-0.2, 0) is 9.53 Å². The minimum absolute atomic E-state index is 0.0630. The first kappa shape index (κ1) is 17.0. The molecule has 0 bridgehead atoms. The molecule has 1 atom stereocenters. The molecule has 1 aromatic heterocycles. The molecule has 4 nitrogen and oxygen atoms in total. The lowest BCUT2D eigenvalue weighted by atomic mass is 10.1. The van der Waals surface area contributed by atoms with Crippen molar-refractivity contribution >= 4 is 35.0 Å². The van der Waals surface area contributed by atoms with Crippen molar-refractivity contribution in [1.29, 1.82) is 0 Å². The van der Waals surface area contributed by atoms with Crippen LogP contribution in [0.1, 0.15) is 16.8 Å². The molecule has 1 aromatic carbocycles. The summed E-state index contributed by atoms with van der Waals surface area (Å²) in [4.78, 5) is 25.7. The van der Waals surface area contributed by atoms with E-state index < -0.39 is 0 Å². The van der Waals surface area contributed by atoms with Crippen LogP contribution >= 0.6 is 23.1 Å². The number of thiophene rings is 1. The fourth-order valence-electron chi connectivity index (χ4n) is 2.71. The summed E-state index contributed by atoms with van der Waals surface area (Å²) in [5.41, 5.74) is 3.02. The van der Waals surface area contributed by atoms with Crippen LogP contribution < -0.4 is 0 Å². The fourth-order valence-corrected chi connectivity index (χ4v) is 4.42. The number of carbonyl (C=O) groups is 2. The van der Waals surface area contributed by atoms with E-state index in [4.69, 9.17) is 0 Å². The summed E-state index contributed by atoms with van der Waals surface area (Å²) in [5.74, 6) is 0.195. The first-order valence-corrected chi connectivity index (χ1v) is 9.77. The Morgan fingerprint density at radius 3 is 2.71 bits per heavy atom. The maximum atomic E-state index is 12.6. The molecule has 0 N–H and O–H groups in total. The van der Waals surface area contributed by atoms with Crippen LogP contribution in [0, 0.1) is 0 Å². The van der Waals surface area contributed by atoms with E-state index in [9.17, 15) is 9.59 Å². The minimum Gasteiger partial charge on any atom is -0.468 e. The highest BCUT2D eigenvalue weighted by Gasteiger charge is 2.27. The molecule has 1 aliphatic heterocycles. The zero-order valence-electron chi connectivity index (χ0n) is 13.4. The van der Waals surface area contributed by atoms with Gasteiger partial charge in [-0.3, -0.25) is 9.59 Å². The molecule has 2 aromatic rings. The number of esters is 1. The summed E-state index contributed by atoms with van der Waals surface area (Å²) in [6.45, 7) is 1.43. The molecule has 24 heavy (non-hydrogen) atoms. The third kappa shape index (κ3) is 3.99. The van der Waals surface area contributed by atoms with E-state index in [1.54, 1.807) is 23.1 Å². The van der Waals surface area contributed by atoms with Crippen LogP contribution in [-0.4, -0.2) is 48.0 Å². The number of nitrogens with zero attached hydrogens (tertiary/aromatic N) is 1. The van der Waals surface area contributed by atoms with Crippen molar-refractivity contribution in [3.8, 4) is 11.1 Å². The van der Waals surface area contributed by atoms with Gasteiger partial charge in [-0.15, -0.1) is 11.8 Å². The van der Waals surface area contributed by atoms with Gasteiger partial charge in [-0.1, -0.05) is 12.1 Å². The van der Waals surface area contributed by atoms with Gasteiger partial charge in [0, 0.05) is 23.9 Å². The summed E-state index contributed by atoms with van der Waals surface area (Å²) in [7, 11) is 1.40. The molecule has 3 rings (SSSR count). The Bertz CT molecular complexity index is 698. The Hall–Kier alpha value is -1.79. The molecule has 1 aliphatic rings. The average Bonchev–Trinajstić information content (AvgIpc) is 3.31. The highest BCUT2D eigenvalue weighted by atomic mass is 32.2. The summed E-state index contributed by atoms with van der Waals surface area (Å²) < 4.78 is 4.66. The number of benzene rings is 1. The third-order valence-electron chi connectivity index (χ3n) is 4.08. The third-order valence-corrected chi connectivity index (χ3v) is 6.02. The number of likely N-dealkylation sites (tertiary alicyclic amines) is 1. The van der Waals surface area contributed by atoms with Crippen molar-refractivity contribution in [2.45, 2.75) is 11.7 Å². The number of hydrogen-bond donors (Lipinski definition) is 0. The second kappa shape index (κ2) is 7.85. The zero-order valence-corrected chi connectivity index (χ0v) is 15.1. The van der Waals surface area contributed by atoms with E-state index in [2.05, 4.69) is 16.2 Å². The molecule has 1 fully saturated rings. The first-order chi connectivity index (χ1) is 11.7. The quantitative estimate of drug-likeness (QED) is 0.764. The lowest BCUT2D eigenvalue weighted by Crippen LogP contribution is -2.29. The molecule has 1 saturated heterocycles. The summed E-state index contributed by atoms with van der Waals surface area (Å²) in [6.07, 6.45) is 0.917. The second-order valence-corrected chi connectivity index (χ2v) is 7.71. The van der Waals surface area contributed by atoms with Crippen molar-refractivity contribution in [2.75, 3.05) is 26.0 Å². The molecular formula is C18H19NO3S2. The van der Waals surface area contributed by atoms with Crippen LogP contribution in [0.25, 0.3) is 11.1 Å².